The third-order valence-electron chi connectivity index (χ3n) is 3.60. The van der Waals surface area contributed by atoms with Crippen molar-refractivity contribution in [2.45, 2.75) is 25.4 Å². The Bertz CT molecular complexity index is 600. The van der Waals surface area contributed by atoms with Gasteiger partial charge < -0.3 is 5.11 Å². The Morgan fingerprint density at radius 3 is 2.21 bits per heavy atom. The summed E-state index contributed by atoms with van der Waals surface area (Å²) in [6.07, 6.45) is -0.847. The highest BCUT2D eigenvalue weighted by Crippen LogP contribution is 2.38. The summed E-state index contributed by atoms with van der Waals surface area (Å²) in [6, 6.07) is 19.3. The van der Waals surface area contributed by atoms with Crippen LogP contribution in [0.4, 0.5) is 0 Å². The van der Waals surface area contributed by atoms with Gasteiger partial charge in [-0.15, -0.1) is 0 Å². The van der Waals surface area contributed by atoms with E-state index in [1.807, 2.05) is 61.5 Å². The second-order valence-corrected chi connectivity index (χ2v) is 4.94. The van der Waals surface area contributed by atoms with Gasteiger partial charge in [-0.2, -0.15) is 5.26 Å². The maximum atomic E-state index is 10.6. The summed E-state index contributed by atoms with van der Waals surface area (Å²) in [4.78, 5) is 0. The van der Waals surface area contributed by atoms with Gasteiger partial charge in [0.2, 0.25) is 0 Å². The summed E-state index contributed by atoms with van der Waals surface area (Å²) in [5, 5.41) is 20.2. The van der Waals surface area contributed by atoms with Crippen molar-refractivity contribution in [1.29, 1.82) is 5.26 Å². The highest BCUT2D eigenvalue weighted by atomic mass is 16.3. The molecule has 2 nitrogen and oxygen atoms in total. The van der Waals surface area contributed by atoms with E-state index in [1.165, 1.54) is 0 Å². The Morgan fingerprint density at radius 1 is 1.05 bits per heavy atom. The molecule has 96 valence electrons. The molecule has 0 amide bonds. The molecular formula is C17H17NO. The molecule has 0 aromatic heterocycles. The summed E-state index contributed by atoms with van der Waals surface area (Å²) < 4.78 is 0. The molecule has 0 saturated carbocycles. The van der Waals surface area contributed by atoms with Crippen LogP contribution in [0.3, 0.4) is 0 Å². The predicted octanol–water partition coefficient (Wildman–Crippen LogP) is 3.51. The Kier molecular flexibility index (Phi) is 3.69. The molecule has 2 rings (SSSR count). The van der Waals surface area contributed by atoms with E-state index in [9.17, 15) is 10.4 Å². The lowest BCUT2D eigenvalue weighted by Gasteiger charge is -2.29. The highest BCUT2D eigenvalue weighted by Gasteiger charge is 2.37. The maximum Gasteiger partial charge on any atom is 0.110 e. The van der Waals surface area contributed by atoms with Gasteiger partial charge in [-0.25, -0.2) is 0 Å². The predicted molar refractivity (Wildman–Crippen MR) is 75.5 cm³/mol. The average molecular weight is 251 g/mol. The number of aliphatic hydroxyl groups is 1. The Morgan fingerprint density at radius 2 is 1.63 bits per heavy atom. The fourth-order valence-electron chi connectivity index (χ4n) is 2.39. The SMILES string of the molecule is Cc1ccccc1[C@](C)(C#N)[C@@H](O)c1ccccc1. The third-order valence-corrected chi connectivity index (χ3v) is 3.60. The fraction of sp³-hybridized carbons (Fsp3) is 0.235. The molecule has 2 atom stereocenters. The molecule has 2 aromatic carbocycles. The zero-order chi connectivity index (χ0) is 13.9. The van der Waals surface area contributed by atoms with Crippen LogP contribution in [0.15, 0.2) is 54.6 Å². The number of benzene rings is 2. The maximum absolute atomic E-state index is 10.6. The standard InChI is InChI=1S/C17H17NO/c1-13-8-6-7-11-15(13)17(2,12-18)16(19)14-9-4-3-5-10-14/h3-11,16,19H,1-2H3/t16-,17-/m0/s1. The monoisotopic (exact) mass is 251 g/mol. The van der Waals surface area contributed by atoms with E-state index in [4.69, 9.17) is 0 Å². The van der Waals surface area contributed by atoms with Crippen LogP contribution in [0.25, 0.3) is 0 Å². The van der Waals surface area contributed by atoms with Crippen LogP contribution in [0.5, 0.6) is 0 Å². The lowest BCUT2D eigenvalue weighted by molar-refractivity contribution is 0.119. The summed E-state index contributed by atoms with van der Waals surface area (Å²) in [6.45, 7) is 3.75. The van der Waals surface area contributed by atoms with Gasteiger partial charge in [-0.1, -0.05) is 54.6 Å². The molecule has 0 fully saturated rings. The Hall–Kier alpha value is -2.11. The van der Waals surface area contributed by atoms with Crippen LogP contribution in [0, 0.1) is 18.3 Å². The van der Waals surface area contributed by atoms with E-state index >= 15 is 0 Å². The van der Waals surface area contributed by atoms with Crippen molar-refractivity contribution < 1.29 is 5.11 Å². The average Bonchev–Trinajstić information content (AvgIpc) is 2.47. The molecule has 2 heteroatoms. The van der Waals surface area contributed by atoms with Gasteiger partial charge in [-0.3, -0.25) is 0 Å². The third kappa shape index (κ3) is 2.38. The molecule has 0 radical (unpaired) electrons. The number of aliphatic hydroxyl groups excluding tert-OH is 1. The number of nitrogens with zero attached hydrogens (tertiary/aromatic N) is 1. The van der Waals surface area contributed by atoms with Gasteiger partial charge in [-0.05, 0) is 30.5 Å². The first-order valence-corrected chi connectivity index (χ1v) is 6.30. The van der Waals surface area contributed by atoms with Crippen molar-refractivity contribution in [3.63, 3.8) is 0 Å². The summed E-state index contributed by atoms with van der Waals surface area (Å²) in [5.41, 5.74) is 1.69. The minimum Gasteiger partial charge on any atom is -0.386 e. The van der Waals surface area contributed by atoms with Gasteiger partial charge in [0, 0.05) is 0 Å². The Balaban J connectivity index is 2.50. The van der Waals surface area contributed by atoms with Crippen molar-refractivity contribution in [3.05, 3.63) is 71.3 Å². The van der Waals surface area contributed by atoms with Crippen LogP contribution < -0.4 is 0 Å². The number of nitriles is 1. The van der Waals surface area contributed by atoms with Crippen molar-refractivity contribution in [2.75, 3.05) is 0 Å². The first kappa shape index (κ1) is 13.3. The van der Waals surface area contributed by atoms with E-state index in [-0.39, 0.29) is 0 Å². The molecule has 0 heterocycles. The zero-order valence-corrected chi connectivity index (χ0v) is 11.2. The van der Waals surface area contributed by atoms with Crippen LogP contribution in [-0.2, 0) is 5.41 Å². The molecule has 1 N–H and O–H groups in total. The molecule has 0 aliphatic rings. The van der Waals surface area contributed by atoms with Crippen LogP contribution in [0.1, 0.15) is 29.7 Å². The van der Waals surface area contributed by atoms with Crippen LogP contribution >= 0.6 is 0 Å². The van der Waals surface area contributed by atoms with Gasteiger partial charge in [0.25, 0.3) is 0 Å². The van der Waals surface area contributed by atoms with Gasteiger partial charge >= 0.3 is 0 Å². The summed E-state index contributed by atoms with van der Waals surface area (Å²) >= 11 is 0. The van der Waals surface area contributed by atoms with E-state index in [1.54, 1.807) is 6.92 Å². The fourth-order valence-corrected chi connectivity index (χ4v) is 2.39. The molecule has 0 spiro atoms. The van der Waals surface area contributed by atoms with Gasteiger partial charge in [0.05, 0.1) is 6.07 Å². The first-order valence-electron chi connectivity index (χ1n) is 6.30. The second kappa shape index (κ2) is 5.26. The largest absolute Gasteiger partial charge is 0.386 e. The zero-order valence-electron chi connectivity index (χ0n) is 11.2. The second-order valence-electron chi connectivity index (χ2n) is 4.94. The molecule has 0 aliphatic heterocycles. The minimum absolute atomic E-state index is 0.759. The molecule has 2 aromatic rings. The van der Waals surface area contributed by atoms with Gasteiger partial charge in [0.1, 0.15) is 11.5 Å². The van der Waals surface area contributed by atoms with Crippen LogP contribution in [0.2, 0.25) is 0 Å². The van der Waals surface area contributed by atoms with E-state index in [2.05, 4.69) is 6.07 Å². The lowest BCUT2D eigenvalue weighted by atomic mass is 9.74. The van der Waals surface area contributed by atoms with Crippen LogP contribution in [-0.4, -0.2) is 5.11 Å². The van der Waals surface area contributed by atoms with Crippen molar-refractivity contribution in [3.8, 4) is 6.07 Å². The van der Waals surface area contributed by atoms with Gasteiger partial charge in [0.15, 0.2) is 0 Å². The van der Waals surface area contributed by atoms with Crippen molar-refractivity contribution >= 4 is 0 Å². The van der Waals surface area contributed by atoms with Crippen molar-refractivity contribution in [1.82, 2.24) is 0 Å². The number of hydrogen-bond donors (Lipinski definition) is 1. The molecule has 19 heavy (non-hydrogen) atoms. The quantitative estimate of drug-likeness (QED) is 0.907. The molecule has 0 saturated heterocycles. The van der Waals surface area contributed by atoms with E-state index < -0.39 is 11.5 Å². The molecule has 0 aliphatic carbocycles. The number of aryl methyl sites for hydroxylation is 1. The van der Waals surface area contributed by atoms with Crippen molar-refractivity contribution in [2.24, 2.45) is 0 Å². The number of hydrogen-bond acceptors (Lipinski definition) is 2. The molecule has 0 bridgehead atoms. The minimum atomic E-state index is -0.952. The first-order chi connectivity index (χ1) is 9.09. The topological polar surface area (TPSA) is 44.0 Å². The summed E-state index contributed by atoms with van der Waals surface area (Å²) in [7, 11) is 0. The number of rotatable bonds is 3. The van der Waals surface area contributed by atoms with E-state index in [0.717, 1.165) is 16.7 Å². The lowest BCUT2D eigenvalue weighted by Crippen LogP contribution is -2.29. The molecule has 0 unspecified atom stereocenters. The molecular weight excluding hydrogens is 234 g/mol. The highest BCUT2D eigenvalue weighted by molar-refractivity contribution is 5.41. The van der Waals surface area contributed by atoms with E-state index in [0.29, 0.717) is 0 Å². The normalized spacial score (nSPS) is 15.3. The summed E-state index contributed by atoms with van der Waals surface area (Å²) in [5.74, 6) is 0. The Labute approximate surface area is 114 Å². The smallest absolute Gasteiger partial charge is 0.110 e.